The largest absolute Gasteiger partial charge is 0.394 e. The first-order chi connectivity index (χ1) is 35.5. The Morgan fingerprint density at radius 1 is 0.613 bits per heavy atom. The number of aliphatic hydroxyl groups is 15. The highest BCUT2D eigenvalue weighted by Gasteiger charge is 2.68. The first-order valence-electron chi connectivity index (χ1n) is 27.1. The van der Waals surface area contributed by atoms with Crippen molar-refractivity contribution < 1.29 is 119 Å². The average Bonchev–Trinajstić information content (AvgIpc) is 3.83. The molecule has 9 aliphatic rings. The van der Waals surface area contributed by atoms with Gasteiger partial charge in [0.15, 0.2) is 30.9 Å². The van der Waals surface area contributed by atoms with Gasteiger partial charge in [0.2, 0.25) is 0 Å². The second-order valence-corrected chi connectivity index (χ2v) is 23.8. The third-order valence-electron chi connectivity index (χ3n) is 19.5. The average molecular weight is 1080 g/mol. The van der Waals surface area contributed by atoms with Crippen LogP contribution in [-0.2, 0) is 42.6 Å². The van der Waals surface area contributed by atoms with E-state index in [9.17, 15) is 76.6 Å². The molecule has 3 saturated carbocycles. The first-order valence-corrected chi connectivity index (χ1v) is 27.1. The Hall–Kier alpha value is -1.22. The smallest absolute Gasteiger partial charge is 0.187 e. The maximum Gasteiger partial charge on any atom is 0.187 e. The lowest BCUT2D eigenvalue weighted by Crippen LogP contribution is -2.67. The van der Waals surface area contributed by atoms with E-state index in [0.717, 1.165) is 32.1 Å². The summed E-state index contributed by atoms with van der Waals surface area (Å²) in [5, 5.41) is 159. The van der Waals surface area contributed by atoms with Gasteiger partial charge in [-0.3, -0.25) is 0 Å². The summed E-state index contributed by atoms with van der Waals surface area (Å²) in [7, 11) is 0. The second kappa shape index (κ2) is 23.0. The van der Waals surface area contributed by atoms with Gasteiger partial charge in [-0.05, 0) is 91.8 Å². The van der Waals surface area contributed by atoms with Crippen LogP contribution in [0.4, 0.5) is 0 Å². The van der Waals surface area contributed by atoms with Crippen LogP contribution in [0.15, 0.2) is 11.6 Å². The zero-order chi connectivity index (χ0) is 54.2. The highest BCUT2D eigenvalue weighted by Crippen LogP contribution is 2.70. The zero-order valence-corrected chi connectivity index (χ0v) is 43.0. The SMILES string of the molecule is C[C@H](CC[C@@]1(O)O[C@H]2C[C@H]3[C@@H]4CC=C5C[C@@H](O[C@@H]6O[C@H](CO)[C@H](O[C@@H]7O[C@H](CO)[C@@H](O)[C@H](O)[C@H]7O[C@@H]7O[C@H](CO)[C@H](O)[C@H](O)[C@H]7O)[C@H](O)[C@H]6O)CC[C@]5(C)[C@H]4CC[C@]3(C)[C@H]2[C@@H]1C)CO[C@@H]1O[C@H](CO)[C@@H](O)[C@H](O)[C@H]1O. The van der Waals surface area contributed by atoms with Gasteiger partial charge >= 0.3 is 0 Å². The van der Waals surface area contributed by atoms with E-state index in [1.165, 1.54) is 5.57 Å². The molecule has 0 amide bonds. The van der Waals surface area contributed by atoms with Crippen molar-refractivity contribution in [3.63, 3.8) is 0 Å². The fraction of sp³-hybridized carbons (Fsp3) is 0.961. The van der Waals surface area contributed by atoms with Crippen molar-refractivity contribution in [3.8, 4) is 0 Å². The summed E-state index contributed by atoms with van der Waals surface area (Å²) < 4.78 is 53.4. The minimum atomic E-state index is -1.92. The van der Waals surface area contributed by atoms with Crippen LogP contribution in [-0.4, -0.2) is 250 Å². The van der Waals surface area contributed by atoms with Crippen LogP contribution in [0.3, 0.4) is 0 Å². The van der Waals surface area contributed by atoms with Crippen molar-refractivity contribution in [2.75, 3.05) is 33.0 Å². The Labute approximate surface area is 435 Å². The molecule has 0 aromatic rings. The van der Waals surface area contributed by atoms with Gasteiger partial charge in [-0.1, -0.05) is 39.3 Å². The predicted octanol–water partition coefficient (Wildman–Crippen LogP) is -4.03. The van der Waals surface area contributed by atoms with Gasteiger partial charge in [-0.2, -0.15) is 0 Å². The quantitative estimate of drug-likeness (QED) is 0.0655. The maximum absolute atomic E-state index is 12.1. The van der Waals surface area contributed by atoms with E-state index in [1.54, 1.807) is 0 Å². The molecule has 8 fully saturated rings. The molecular formula is C51H84O24. The Balaban J connectivity index is 0.798. The van der Waals surface area contributed by atoms with Crippen molar-refractivity contribution in [2.24, 2.45) is 46.3 Å². The van der Waals surface area contributed by atoms with Crippen molar-refractivity contribution >= 4 is 0 Å². The molecule has 24 nitrogen and oxygen atoms in total. The van der Waals surface area contributed by atoms with Crippen LogP contribution in [0.5, 0.6) is 0 Å². The van der Waals surface area contributed by atoms with Gasteiger partial charge in [0.05, 0.1) is 45.2 Å². The third kappa shape index (κ3) is 10.6. The topological polar surface area (TPSA) is 387 Å². The third-order valence-corrected chi connectivity index (χ3v) is 19.5. The monoisotopic (exact) mass is 1080 g/mol. The van der Waals surface area contributed by atoms with E-state index in [0.29, 0.717) is 43.4 Å². The van der Waals surface area contributed by atoms with E-state index < -0.39 is 161 Å². The number of fused-ring (bicyclic) bond motifs is 7. The van der Waals surface area contributed by atoms with Crippen LogP contribution in [0, 0.1) is 46.3 Å². The predicted molar refractivity (Wildman–Crippen MR) is 252 cm³/mol. The fourth-order valence-corrected chi connectivity index (χ4v) is 15.0. The molecule has 31 atom stereocenters. The van der Waals surface area contributed by atoms with Gasteiger partial charge in [-0.25, -0.2) is 0 Å². The van der Waals surface area contributed by atoms with Crippen molar-refractivity contribution in [1.29, 1.82) is 0 Å². The summed E-state index contributed by atoms with van der Waals surface area (Å²) in [4.78, 5) is 0. The Morgan fingerprint density at radius 3 is 1.79 bits per heavy atom. The second-order valence-electron chi connectivity index (χ2n) is 23.8. The van der Waals surface area contributed by atoms with E-state index in [1.807, 2.05) is 6.92 Å². The number of ether oxygens (including phenoxy) is 9. The van der Waals surface area contributed by atoms with Crippen LogP contribution in [0.1, 0.15) is 85.5 Å². The lowest BCUT2D eigenvalue weighted by atomic mass is 9.47. The summed E-state index contributed by atoms with van der Waals surface area (Å²) in [5.41, 5.74) is 1.08. The summed E-state index contributed by atoms with van der Waals surface area (Å²) in [6, 6.07) is 0. The van der Waals surface area contributed by atoms with E-state index in [4.69, 9.17) is 42.6 Å². The number of aliphatic hydroxyl groups excluding tert-OH is 14. The Kier molecular flexibility index (Phi) is 17.9. The van der Waals surface area contributed by atoms with Gasteiger partial charge in [0, 0.05) is 12.3 Å². The van der Waals surface area contributed by atoms with Crippen molar-refractivity contribution in [1.82, 2.24) is 0 Å². The van der Waals surface area contributed by atoms with Gasteiger partial charge in [0.1, 0.15) is 97.7 Å². The molecule has 4 aliphatic carbocycles. The molecule has 75 heavy (non-hydrogen) atoms. The van der Waals surface area contributed by atoms with Crippen molar-refractivity contribution in [3.05, 3.63) is 11.6 Å². The zero-order valence-electron chi connectivity index (χ0n) is 43.0. The summed E-state index contributed by atoms with van der Waals surface area (Å²) >= 11 is 0. The molecule has 0 aromatic heterocycles. The normalized spacial score (nSPS) is 54.3. The molecule has 15 N–H and O–H groups in total. The standard InChI is InChI=1S/C51H84O24/c1-20(19-67-45-40(63)36(59)33(56)28(15-52)69-45)7-12-51(66)21(2)32-27(75-51)14-26-24-6-5-22-13-23(8-10-49(22,3)25(24)9-11-50(26,32)4)68-46-42(65)39(62)43(31(18-55)72-46)73-48-44(38(61)35(58)30(17-54)71-48)74-47-41(64)37(60)34(57)29(16-53)70-47/h5,20-21,23-48,52-66H,6-19H2,1-4H3/t20-,21+,23+,24-,25+,26+,27+,28-,29-,30-,31-,32+,33-,34+,35-,36+,37+,38+,39-,40-,41-,42-,43+,44-,45-,46-,47+,48+,49+,50+,51-/m1/s1. The highest BCUT2D eigenvalue weighted by atomic mass is 16.8. The van der Waals surface area contributed by atoms with Crippen LogP contribution in [0.25, 0.3) is 0 Å². The number of allylic oxidation sites excluding steroid dienone is 1. The molecule has 0 spiro atoms. The maximum atomic E-state index is 12.1. The lowest BCUT2D eigenvalue weighted by molar-refractivity contribution is -0.390. The molecular weight excluding hydrogens is 997 g/mol. The number of hydrogen-bond acceptors (Lipinski definition) is 24. The van der Waals surface area contributed by atoms with Crippen LogP contribution in [0.2, 0.25) is 0 Å². The van der Waals surface area contributed by atoms with Gasteiger partial charge in [-0.15, -0.1) is 0 Å². The highest BCUT2D eigenvalue weighted by molar-refractivity contribution is 5.26. The molecule has 24 heteroatoms. The molecule has 432 valence electrons. The van der Waals surface area contributed by atoms with Gasteiger partial charge < -0.3 is 119 Å². The summed E-state index contributed by atoms with van der Waals surface area (Å²) in [5.74, 6) is -0.225. The minimum Gasteiger partial charge on any atom is -0.394 e. The lowest BCUT2D eigenvalue weighted by Gasteiger charge is -2.58. The molecule has 9 rings (SSSR count). The molecule has 0 radical (unpaired) electrons. The van der Waals surface area contributed by atoms with E-state index in [-0.39, 0.29) is 41.3 Å². The van der Waals surface area contributed by atoms with Crippen molar-refractivity contribution in [2.45, 2.75) is 226 Å². The van der Waals surface area contributed by atoms with E-state index in [2.05, 4.69) is 26.8 Å². The molecule has 5 heterocycles. The minimum absolute atomic E-state index is 0.0569. The Bertz CT molecular complexity index is 1930. The summed E-state index contributed by atoms with van der Waals surface area (Å²) in [6.45, 7) is 6.02. The Morgan fingerprint density at radius 2 is 1.15 bits per heavy atom. The number of hydrogen-bond donors (Lipinski definition) is 15. The summed E-state index contributed by atoms with van der Waals surface area (Å²) in [6.07, 6.45) is -23.7. The molecule has 0 aromatic carbocycles. The molecule has 0 unspecified atom stereocenters. The number of rotatable bonds is 16. The molecule has 5 aliphatic heterocycles. The molecule has 0 bridgehead atoms. The van der Waals surface area contributed by atoms with Crippen LogP contribution < -0.4 is 0 Å². The first kappa shape index (κ1) is 58.4. The van der Waals surface area contributed by atoms with Gasteiger partial charge in [0.25, 0.3) is 0 Å². The van der Waals surface area contributed by atoms with E-state index >= 15 is 0 Å². The van der Waals surface area contributed by atoms with Crippen LogP contribution >= 0.6 is 0 Å². The molecule has 5 saturated heterocycles. The fourth-order valence-electron chi connectivity index (χ4n) is 15.0.